The average molecular weight is 453 g/mol. The molecule has 3 heterocycles. The molecule has 4 rings (SSSR count). The third-order valence-corrected chi connectivity index (χ3v) is 6.28. The van der Waals surface area contributed by atoms with Gasteiger partial charge >= 0.3 is 0 Å². The van der Waals surface area contributed by atoms with Crippen LogP contribution in [0, 0.1) is 11.8 Å². The van der Waals surface area contributed by atoms with Crippen molar-refractivity contribution in [2.24, 2.45) is 11.8 Å². The first-order chi connectivity index (χ1) is 10.7. The molecule has 0 bridgehead atoms. The van der Waals surface area contributed by atoms with Gasteiger partial charge in [0, 0.05) is 43.5 Å². The van der Waals surface area contributed by atoms with E-state index in [1.165, 1.54) is 4.70 Å². The van der Waals surface area contributed by atoms with Crippen molar-refractivity contribution in [3.8, 4) is 0 Å². The quantitative estimate of drug-likeness (QED) is 0.774. The normalized spacial score (nSPS) is 22.1. The van der Waals surface area contributed by atoms with E-state index in [4.69, 9.17) is 0 Å². The molecule has 2 aliphatic rings. The Balaban J connectivity index is 0.00000104. The average Bonchev–Trinajstić information content (AvgIpc) is 3.17. The number of carbonyl (C=O) groups is 1. The summed E-state index contributed by atoms with van der Waals surface area (Å²) in [4.78, 5) is 19.1. The highest BCUT2D eigenvalue weighted by Gasteiger charge is 2.37. The Morgan fingerprint density at radius 2 is 2.00 bits per heavy atom. The van der Waals surface area contributed by atoms with Crippen LogP contribution in [-0.2, 0) is 11.2 Å². The molecule has 1 N–H and O–H groups in total. The maximum absolute atomic E-state index is 12.4. The minimum atomic E-state index is 0. The van der Waals surface area contributed by atoms with Gasteiger partial charge < -0.3 is 10.2 Å². The van der Waals surface area contributed by atoms with Gasteiger partial charge in [-0.05, 0) is 30.0 Å². The zero-order valence-electron chi connectivity index (χ0n) is 13.0. The predicted molar refractivity (Wildman–Crippen MR) is 107 cm³/mol. The third kappa shape index (κ3) is 4.05. The fourth-order valence-corrected chi connectivity index (χ4v) is 4.78. The fraction of sp³-hybridized carbons (Fsp3) is 0.500. The number of aryl methyl sites for hydroxylation is 1. The van der Waals surface area contributed by atoms with Gasteiger partial charge in [0.05, 0.1) is 15.2 Å². The van der Waals surface area contributed by atoms with Crippen molar-refractivity contribution < 1.29 is 4.79 Å². The number of hydrogen-bond acceptors (Lipinski definition) is 4. The highest BCUT2D eigenvalue weighted by atomic mass is 79.9. The molecule has 2 aromatic rings. The summed E-state index contributed by atoms with van der Waals surface area (Å²) < 4.78 is 2.23. The number of amides is 1. The van der Waals surface area contributed by atoms with Gasteiger partial charge in [0.2, 0.25) is 5.91 Å². The van der Waals surface area contributed by atoms with Gasteiger partial charge in [-0.2, -0.15) is 0 Å². The molecule has 2 fully saturated rings. The van der Waals surface area contributed by atoms with Crippen molar-refractivity contribution in [3.05, 3.63) is 27.7 Å². The van der Waals surface area contributed by atoms with E-state index in [-0.39, 0.29) is 30.7 Å². The van der Waals surface area contributed by atoms with Crippen LogP contribution >= 0.6 is 52.1 Å². The number of halogens is 3. The molecule has 0 unspecified atom stereocenters. The van der Waals surface area contributed by atoms with E-state index in [0.29, 0.717) is 18.3 Å². The summed E-state index contributed by atoms with van der Waals surface area (Å²) in [5.41, 5.74) is 1.02. The molecule has 0 radical (unpaired) electrons. The first kappa shape index (κ1) is 19.9. The van der Waals surface area contributed by atoms with Crippen molar-refractivity contribution in [1.29, 1.82) is 0 Å². The Morgan fingerprint density at radius 3 is 2.71 bits per heavy atom. The summed E-state index contributed by atoms with van der Waals surface area (Å²) in [7, 11) is 0. The van der Waals surface area contributed by atoms with Crippen molar-refractivity contribution >= 4 is 68.2 Å². The minimum absolute atomic E-state index is 0. The van der Waals surface area contributed by atoms with Crippen LogP contribution in [0.5, 0.6) is 0 Å². The molecule has 0 spiro atoms. The Hall–Kier alpha value is -0.400. The second-order valence-electron chi connectivity index (χ2n) is 6.20. The van der Waals surface area contributed by atoms with Gasteiger partial charge in [-0.1, -0.05) is 15.9 Å². The van der Waals surface area contributed by atoms with E-state index in [9.17, 15) is 4.79 Å². The zero-order valence-corrected chi connectivity index (χ0v) is 17.1. The smallest absolute Gasteiger partial charge is 0.223 e. The molecular weight excluding hydrogens is 433 g/mol. The molecule has 2 atom stereocenters. The first-order valence-corrected chi connectivity index (χ1v) is 9.33. The molecule has 0 saturated carbocycles. The molecule has 0 aliphatic carbocycles. The van der Waals surface area contributed by atoms with Crippen LogP contribution in [0.2, 0.25) is 0 Å². The lowest BCUT2D eigenvalue weighted by atomic mass is 10.0. The Bertz CT molecular complexity index is 714. The molecule has 1 aromatic carbocycles. The van der Waals surface area contributed by atoms with Crippen molar-refractivity contribution in [1.82, 2.24) is 15.2 Å². The lowest BCUT2D eigenvalue weighted by Crippen LogP contribution is -2.31. The first-order valence-electron chi connectivity index (χ1n) is 7.72. The van der Waals surface area contributed by atoms with E-state index in [1.54, 1.807) is 11.3 Å². The molecule has 2 saturated heterocycles. The fourth-order valence-electron chi connectivity index (χ4n) is 3.49. The number of carbonyl (C=O) groups excluding carboxylic acids is 1. The summed E-state index contributed by atoms with van der Waals surface area (Å²) in [6.45, 7) is 4.01. The molecule has 1 aromatic heterocycles. The Kier molecular flexibility index (Phi) is 6.90. The molecular formula is C16H20BrCl2N3OS. The molecule has 1 amide bonds. The van der Waals surface area contributed by atoms with Crippen LogP contribution in [0.25, 0.3) is 10.2 Å². The minimum Gasteiger partial charge on any atom is -0.342 e. The summed E-state index contributed by atoms with van der Waals surface area (Å²) in [6, 6.07) is 6.15. The Morgan fingerprint density at radius 1 is 1.29 bits per heavy atom. The molecule has 4 nitrogen and oxygen atoms in total. The van der Waals surface area contributed by atoms with E-state index < -0.39 is 0 Å². The highest BCUT2D eigenvalue weighted by molar-refractivity contribution is 9.10. The van der Waals surface area contributed by atoms with E-state index in [2.05, 4.69) is 37.2 Å². The zero-order chi connectivity index (χ0) is 15.1. The standard InChI is InChI=1S/C16H18BrN3OS.2ClH/c17-12-1-2-14-13(5-12)19-15(22-14)3-4-16(21)20-8-10-6-18-7-11(10)9-20;;/h1-2,5,10-11,18H,3-4,6-9H2;2*1H/t10-,11+;;. The topological polar surface area (TPSA) is 45.2 Å². The summed E-state index contributed by atoms with van der Waals surface area (Å²) in [6.07, 6.45) is 1.33. The number of nitrogens with zero attached hydrogens (tertiary/aromatic N) is 2. The molecule has 2 aliphatic heterocycles. The number of fused-ring (bicyclic) bond motifs is 2. The van der Waals surface area contributed by atoms with Gasteiger partial charge in [0.15, 0.2) is 0 Å². The summed E-state index contributed by atoms with van der Waals surface area (Å²) >= 11 is 5.17. The maximum Gasteiger partial charge on any atom is 0.223 e. The van der Waals surface area contributed by atoms with Crippen LogP contribution in [0.1, 0.15) is 11.4 Å². The van der Waals surface area contributed by atoms with Crippen molar-refractivity contribution in [3.63, 3.8) is 0 Å². The van der Waals surface area contributed by atoms with E-state index in [1.807, 2.05) is 12.1 Å². The van der Waals surface area contributed by atoms with Gasteiger partial charge in [-0.25, -0.2) is 4.98 Å². The predicted octanol–water partition coefficient (Wildman–Crippen LogP) is 3.51. The second kappa shape index (κ2) is 8.32. The lowest BCUT2D eigenvalue weighted by molar-refractivity contribution is -0.130. The number of aromatic nitrogens is 1. The number of benzene rings is 1. The second-order valence-corrected chi connectivity index (χ2v) is 8.23. The maximum atomic E-state index is 12.4. The lowest BCUT2D eigenvalue weighted by Gasteiger charge is -2.17. The summed E-state index contributed by atoms with van der Waals surface area (Å²) in [5, 5.41) is 4.47. The SMILES string of the molecule is Cl.Cl.O=C(CCc1nc2cc(Br)ccc2s1)N1C[C@H]2CNC[C@H]2C1. The van der Waals surface area contributed by atoms with Crippen LogP contribution in [0.15, 0.2) is 22.7 Å². The number of likely N-dealkylation sites (tertiary alicyclic amines) is 1. The van der Waals surface area contributed by atoms with Crippen LogP contribution in [-0.4, -0.2) is 42.0 Å². The molecule has 132 valence electrons. The highest BCUT2D eigenvalue weighted by Crippen LogP contribution is 2.28. The third-order valence-electron chi connectivity index (χ3n) is 4.69. The van der Waals surface area contributed by atoms with Crippen molar-refractivity contribution in [2.45, 2.75) is 12.8 Å². The molecule has 24 heavy (non-hydrogen) atoms. The van der Waals surface area contributed by atoms with Crippen LogP contribution in [0.4, 0.5) is 0 Å². The van der Waals surface area contributed by atoms with E-state index in [0.717, 1.165) is 47.6 Å². The Labute approximate surface area is 166 Å². The van der Waals surface area contributed by atoms with E-state index >= 15 is 0 Å². The number of thiazole rings is 1. The van der Waals surface area contributed by atoms with Crippen LogP contribution < -0.4 is 5.32 Å². The monoisotopic (exact) mass is 451 g/mol. The van der Waals surface area contributed by atoms with Gasteiger partial charge in [0.1, 0.15) is 0 Å². The number of nitrogens with one attached hydrogen (secondary N) is 1. The van der Waals surface area contributed by atoms with Crippen molar-refractivity contribution in [2.75, 3.05) is 26.2 Å². The van der Waals surface area contributed by atoms with Gasteiger partial charge in [-0.3, -0.25) is 4.79 Å². The number of hydrogen-bond donors (Lipinski definition) is 1. The van der Waals surface area contributed by atoms with Gasteiger partial charge in [-0.15, -0.1) is 36.2 Å². The largest absolute Gasteiger partial charge is 0.342 e. The number of rotatable bonds is 3. The molecule has 8 heteroatoms. The van der Waals surface area contributed by atoms with Crippen LogP contribution in [0.3, 0.4) is 0 Å². The summed E-state index contributed by atoms with van der Waals surface area (Å²) in [5.74, 6) is 1.63. The van der Waals surface area contributed by atoms with Gasteiger partial charge in [0.25, 0.3) is 0 Å².